The molecule has 0 aromatic carbocycles. The van der Waals surface area contributed by atoms with E-state index in [0.717, 1.165) is 48.5 Å². The second kappa shape index (κ2) is 8.29. The number of rotatable bonds is 5. The van der Waals surface area contributed by atoms with E-state index >= 15 is 0 Å². The van der Waals surface area contributed by atoms with E-state index in [2.05, 4.69) is 27.1 Å². The second-order valence-corrected chi connectivity index (χ2v) is 7.09. The Kier molecular flexibility index (Phi) is 5.41. The third-order valence-corrected chi connectivity index (χ3v) is 5.20. The molecule has 7 nitrogen and oxygen atoms in total. The van der Waals surface area contributed by atoms with E-state index < -0.39 is 0 Å². The van der Waals surface area contributed by atoms with Crippen molar-refractivity contribution >= 4 is 5.91 Å². The molecule has 3 aromatic rings. The number of carbonyl (C=O) groups is 1. The Bertz CT molecular complexity index is 931. The normalized spacial score (nSPS) is 15.0. The number of aromatic nitrogens is 5. The van der Waals surface area contributed by atoms with Gasteiger partial charge in [-0.15, -0.1) is 0 Å². The van der Waals surface area contributed by atoms with Crippen LogP contribution in [-0.2, 0) is 6.42 Å². The summed E-state index contributed by atoms with van der Waals surface area (Å²) in [7, 11) is 0. The minimum atomic E-state index is 0.00360. The number of likely N-dealkylation sites (tertiary alicyclic amines) is 1. The summed E-state index contributed by atoms with van der Waals surface area (Å²) >= 11 is 0. The number of aryl methyl sites for hydroxylation is 1. The van der Waals surface area contributed by atoms with Gasteiger partial charge in [0.15, 0.2) is 0 Å². The first-order valence-electron chi connectivity index (χ1n) is 9.82. The summed E-state index contributed by atoms with van der Waals surface area (Å²) in [5.41, 5.74) is 3.56. The Morgan fingerprint density at radius 3 is 2.79 bits per heavy atom. The van der Waals surface area contributed by atoms with Crippen molar-refractivity contribution in [3.63, 3.8) is 0 Å². The van der Waals surface area contributed by atoms with Crippen LogP contribution in [0.5, 0.6) is 0 Å². The van der Waals surface area contributed by atoms with E-state index in [1.807, 2.05) is 35.5 Å². The van der Waals surface area contributed by atoms with E-state index in [1.165, 1.54) is 0 Å². The first kappa shape index (κ1) is 18.3. The number of amides is 1. The van der Waals surface area contributed by atoms with Crippen molar-refractivity contribution in [2.24, 2.45) is 0 Å². The molecule has 7 heteroatoms. The predicted molar refractivity (Wildman–Crippen MR) is 106 cm³/mol. The van der Waals surface area contributed by atoms with Gasteiger partial charge in [-0.05, 0) is 37.5 Å². The van der Waals surface area contributed by atoms with Crippen LogP contribution >= 0.6 is 0 Å². The number of hydrogen-bond acceptors (Lipinski definition) is 5. The summed E-state index contributed by atoms with van der Waals surface area (Å²) in [6, 6.07) is 7.37. The minimum Gasteiger partial charge on any atom is -0.337 e. The molecule has 1 aliphatic rings. The van der Waals surface area contributed by atoms with E-state index in [-0.39, 0.29) is 5.91 Å². The maximum atomic E-state index is 12.6. The van der Waals surface area contributed by atoms with Crippen molar-refractivity contribution in [3.8, 4) is 11.3 Å². The quantitative estimate of drug-likeness (QED) is 0.739. The third-order valence-electron chi connectivity index (χ3n) is 5.20. The molecule has 0 aliphatic carbocycles. The molecule has 1 N–H and O–H groups in total. The summed E-state index contributed by atoms with van der Waals surface area (Å²) < 4.78 is 0. The van der Waals surface area contributed by atoms with Crippen LogP contribution in [0.2, 0.25) is 0 Å². The van der Waals surface area contributed by atoms with Gasteiger partial charge in [-0.3, -0.25) is 14.9 Å². The highest BCUT2D eigenvalue weighted by atomic mass is 16.2. The highest BCUT2D eigenvalue weighted by Gasteiger charge is 2.28. The molecule has 4 heterocycles. The van der Waals surface area contributed by atoms with E-state index in [4.69, 9.17) is 4.98 Å². The fourth-order valence-electron chi connectivity index (χ4n) is 3.73. The topological polar surface area (TPSA) is 87.7 Å². The number of aromatic amines is 1. The highest BCUT2D eigenvalue weighted by molar-refractivity contribution is 5.92. The van der Waals surface area contributed by atoms with Crippen LogP contribution in [0, 0.1) is 0 Å². The predicted octanol–water partition coefficient (Wildman–Crippen LogP) is 3.23. The minimum absolute atomic E-state index is 0.00360. The van der Waals surface area contributed by atoms with Gasteiger partial charge in [0, 0.05) is 49.1 Å². The second-order valence-electron chi connectivity index (χ2n) is 7.09. The lowest BCUT2D eigenvalue weighted by molar-refractivity contribution is 0.0706. The van der Waals surface area contributed by atoms with Crippen LogP contribution in [-0.4, -0.2) is 49.0 Å². The molecular weight excluding hydrogens is 352 g/mol. The molecule has 1 fully saturated rings. The number of pyridine rings is 1. The van der Waals surface area contributed by atoms with Gasteiger partial charge in [-0.25, -0.2) is 9.97 Å². The fraction of sp³-hybridized carbons (Fsp3) is 0.381. The average Bonchev–Trinajstić information content (AvgIpc) is 3.24. The van der Waals surface area contributed by atoms with Crippen LogP contribution in [0.4, 0.5) is 0 Å². The highest BCUT2D eigenvalue weighted by Crippen LogP contribution is 2.33. The molecule has 0 unspecified atom stereocenters. The van der Waals surface area contributed by atoms with Gasteiger partial charge >= 0.3 is 0 Å². The molecule has 3 aromatic heterocycles. The molecule has 0 radical (unpaired) electrons. The zero-order valence-corrected chi connectivity index (χ0v) is 16.0. The molecule has 4 rings (SSSR count). The van der Waals surface area contributed by atoms with Crippen LogP contribution in [0.3, 0.4) is 0 Å². The van der Waals surface area contributed by atoms with Crippen molar-refractivity contribution in [1.82, 2.24) is 30.0 Å². The standard InChI is InChI=1S/C21H24N6O/c1-2-5-19-23-11-7-17(25-19)16-14-24-26-20(16)15-8-12-27(13-9-15)21(28)18-6-3-4-10-22-18/h3-4,6-7,10-11,14-15H,2,5,8-9,12-13H2,1H3,(H,24,26). The number of carbonyl (C=O) groups excluding carboxylic acids is 1. The molecule has 1 amide bonds. The zero-order valence-electron chi connectivity index (χ0n) is 16.0. The summed E-state index contributed by atoms with van der Waals surface area (Å²) in [5, 5.41) is 7.45. The molecule has 0 atom stereocenters. The maximum Gasteiger partial charge on any atom is 0.272 e. The van der Waals surface area contributed by atoms with Crippen molar-refractivity contribution in [2.75, 3.05) is 13.1 Å². The van der Waals surface area contributed by atoms with Gasteiger partial charge in [0.25, 0.3) is 5.91 Å². The Morgan fingerprint density at radius 2 is 2.04 bits per heavy atom. The van der Waals surface area contributed by atoms with Gasteiger partial charge in [0.1, 0.15) is 11.5 Å². The molecule has 144 valence electrons. The molecule has 0 spiro atoms. The van der Waals surface area contributed by atoms with E-state index in [9.17, 15) is 4.79 Å². The largest absolute Gasteiger partial charge is 0.337 e. The molecule has 0 saturated carbocycles. The van der Waals surface area contributed by atoms with Crippen LogP contribution in [0.1, 0.15) is 54.1 Å². The Morgan fingerprint density at radius 1 is 1.18 bits per heavy atom. The summed E-state index contributed by atoms with van der Waals surface area (Å²) in [5.74, 6) is 1.20. The SMILES string of the molecule is CCCc1nccc(-c2cn[nH]c2C2CCN(C(=O)c3ccccn3)CC2)n1. The average molecular weight is 376 g/mol. The van der Waals surface area contributed by atoms with Gasteiger partial charge in [-0.2, -0.15) is 5.10 Å². The van der Waals surface area contributed by atoms with Crippen LogP contribution in [0.15, 0.2) is 42.9 Å². The first-order chi connectivity index (χ1) is 13.8. The van der Waals surface area contributed by atoms with Gasteiger partial charge in [0.2, 0.25) is 0 Å². The Labute approximate surface area is 164 Å². The van der Waals surface area contributed by atoms with Crippen LogP contribution < -0.4 is 0 Å². The number of nitrogens with one attached hydrogen (secondary N) is 1. The van der Waals surface area contributed by atoms with Crippen molar-refractivity contribution in [2.45, 2.75) is 38.5 Å². The number of hydrogen-bond donors (Lipinski definition) is 1. The number of piperidine rings is 1. The van der Waals surface area contributed by atoms with Gasteiger partial charge in [0.05, 0.1) is 11.9 Å². The van der Waals surface area contributed by atoms with Crippen molar-refractivity contribution in [3.05, 3.63) is 60.1 Å². The smallest absolute Gasteiger partial charge is 0.272 e. The summed E-state index contributed by atoms with van der Waals surface area (Å²) in [6.07, 6.45) is 8.99. The lowest BCUT2D eigenvalue weighted by Gasteiger charge is -2.31. The monoisotopic (exact) mass is 376 g/mol. The number of nitrogens with zero attached hydrogens (tertiary/aromatic N) is 5. The van der Waals surface area contributed by atoms with Crippen molar-refractivity contribution < 1.29 is 4.79 Å². The fourth-order valence-corrected chi connectivity index (χ4v) is 3.73. The Hall–Kier alpha value is -3.09. The molecule has 0 bridgehead atoms. The van der Waals surface area contributed by atoms with Crippen LogP contribution in [0.25, 0.3) is 11.3 Å². The first-order valence-corrected chi connectivity index (χ1v) is 9.82. The maximum absolute atomic E-state index is 12.6. The molecule has 28 heavy (non-hydrogen) atoms. The summed E-state index contributed by atoms with van der Waals surface area (Å²) in [6.45, 7) is 3.55. The molecule has 1 saturated heterocycles. The number of H-pyrrole nitrogens is 1. The zero-order chi connectivity index (χ0) is 19.3. The van der Waals surface area contributed by atoms with Gasteiger partial charge < -0.3 is 4.90 Å². The Balaban J connectivity index is 1.47. The third kappa shape index (κ3) is 3.78. The molecule has 1 aliphatic heterocycles. The molecular formula is C21H24N6O. The van der Waals surface area contributed by atoms with E-state index in [0.29, 0.717) is 24.7 Å². The lowest BCUT2D eigenvalue weighted by atomic mass is 9.90. The lowest BCUT2D eigenvalue weighted by Crippen LogP contribution is -2.38. The summed E-state index contributed by atoms with van der Waals surface area (Å²) in [4.78, 5) is 27.7. The van der Waals surface area contributed by atoms with Gasteiger partial charge in [-0.1, -0.05) is 13.0 Å². The van der Waals surface area contributed by atoms with Crippen molar-refractivity contribution in [1.29, 1.82) is 0 Å². The van der Waals surface area contributed by atoms with E-state index in [1.54, 1.807) is 12.3 Å².